The van der Waals surface area contributed by atoms with Crippen LogP contribution in [0.1, 0.15) is 37.7 Å². The number of nitrogens with one attached hydrogen (secondary N) is 1. The second-order valence-electron chi connectivity index (χ2n) is 5.11. The largest absolute Gasteiger partial charge is 0.349 e. The number of rotatable bonds is 3. The maximum absolute atomic E-state index is 12.2. The summed E-state index contributed by atoms with van der Waals surface area (Å²) in [5.74, 6) is -0.361. The highest BCUT2D eigenvalue weighted by molar-refractivity contribution is 6.37. The van der Waals surface area contributed by atoms with E-state index in [-0.39, 0.29) is 17.5 Å². The first kappa shape index (κ1) is 15.9. The Balaban J connectivity index is 2.17. The van der Waals surface area contributed by atoms with Crippen LogP contribution in [0.2, 0.25) is 10.0 Å². The third-order valence-corrected chi connectivity index (χ3v) is 4.25. The van der Waals surface area contributed by atoms with E-state index >= 15 is 0 Å². The van der Waals surface area contributed by atoms with Crippen molar-refractivity contribution in [3.8, 4) is 6.07 Å². The predicted molar refractivity (Wildman–Crippen MR) is 85.1 cm³/mol. The van der Waals surface area contributed by atoms with Crippen molar-refractivity contribution < 1.29 is 4.79 Å². The standard InChI is InChI=1S/C16H16Cl2N2O/c17-14-7-4-8-15(18)13(14)9-11(10-19)16(21)20-12-5-2-1-3-6-12/h4,7-9,12H,1-3,5-6H2,(H,20,21)/b11-9+. The molecule has 0 heterocycles. The monoisotopic (exact) mass is 322 g/mol. The van der Waals surface area contributed by atoms with Gasteiger partial charge in [0, 0.05) is 21.7 Å². The first-order valence-corrected chi connectivity index (χ1v) is 7.74. The van der Waals surface area contributed by atoms with Gasteiger partial charge in [0.15, 0.2) is 0 Å². The Morgan fingerprint density at radius 1 is 1.24 bits per heavy atom. The molecule has 110 valence electrons. The average molecular weight is 323 g/mol. The Morgan fingerprint density at radius 3 is 2.43 bits per heavy atom. The summed E-state index contributed by atoms with van der Waals surface area (Å²) in [6.07, 6.45) is 6.83. The molecule has 0 aliphatic heterocycles. The van der Waals surface area contributed by atoms with Gasteiger partial charge in [0.1, 0.15) is 11.6 Å². The minimum atomic E-state index is -0.361. The van der Waals surface area contributed by atoms with Gasteiger partial charge in [-0.3, -0.25) is 4.79 Å². The van der Waals surface area contributed by atoms with Gasteiger partial charge in [0.25, 0.3) is 5.91 Å². The lowest BCUT2D eigenvalue weighted by Gasteiger charge is -2.22. The van der Waals surface area contributed by atoms with Crippen LogP contribution in [0.25, 0.3) is 6.08 Å². The van der Waals surface area contributed by atoms with Gasteiger partial charge in [-0.15, -0.1) is 0 Å². The third kappa shape index (κ3) is 4.23. The number of amides is 1. The van der Waals surface area contributed by atoms with E-state index < -0.39 is 0 Å². The molecule has 5 heteroatoms. The van der Waals surface area contributed by atoms with Crippen molar-refractivity contribution in [1.29, 1.82) is 5.26 Å². The van der Waals surface area contributed by atoms with Crippen LogP contribution in [0.3, 0.4) is 0 Å². The number of hydrogen-bond acceptors (Lipinski definition) is 2. The molecule has 0 unspecified atom stereocenters. The molecule has 1 fully saturated rings. The minimum absolute atomic E-state index is 0.0237. The van der Waals surface area contributed by atoms with Crippen LogP contribution in [-0.2, 0) is 4.79 Å². The van der Waals surface area contributed by atoms with E-state index in [4.69, 9.17) is 23.2 Å². The lowest BCUT2D eigenvalue weighted by molar-refractivity contribution is -0.117. The van der Waals surface area contributed by atoms with E-state index in [9.17, 15) is 10.1 Å². The van der Waals surface area contributed by atoms with Crippen LogP contribution in [0, 0.1) is 11.3 Å². The molecule has 0 spiro atoms. The molecular formula is C16H16Cl2N2O. The fourth-order valence-corrected chi connectivity index (χ4v) is 2.96. The normalized spacial score (nSPS) is 16.3. The van der Waals surface area contributed by atoms with Gasteiger partial charge in [-0.1, -0.05) is 48.5 Å². The van der Waals surface area contributed by atoms with Crippen LogP contribution < -0.4 is 5.32 Å². The number of nitrogens with zero attached hydrogens (tertiary/aromatic N) is 1. The molecule has 1 saturated carbocycles. The van der Waals surface area contributed by atoms with Gasteiger partial charge < -0.3 is 5.32 Å². The summed E-state index contributed by atoms with van der Waals surface area (Å²) in [6, 6.07) is 7.15. The second kappa shape index (κ2) is 7.49. The van der Waals surface area contributed by atoms with E-state index in [2.05, 4.69) is 5.32 Å². The molecule has 0 saturated heterocycles. The maximum atomic E-state index is 12.2. The van der Waals surface area contributed by atoms with Gasteiger partial charge in [0.2, 0.25) is 0 Å². The highest BCUT2D eigenvalue weighted by Gasteiger charge is 2.18. The fourth-order valence-electron chi connectivity index (χ4n) is 2.45. The zero-order valence-electron chi connectivity index (χ0n) is 11.5. The van der Waals surface area contributed by atoms with E-state index in [1.165, 1.54) is 12.5 Å². The molecule has 1 N–H and O–H groups in total. The van der Waals surface area contributed by atoms with E-state index in [0.29, 0.717) is 15.6 Å². The van der Waals surface area contributed by atoms with Crippen LogP contribution in [-0.4, -0.2) is 11.9 Å². The lowest BCUT2D eigenvalue weighted by Crippen LogP contribution is -2.36. The molecular weight excluding hydrogens is 307 g/mol. The Labute approximate surface area is 134 Å². The SMILES string of the molecule is N#C/C(=C\c1c(Cl)cccc1Cl)C(=O)NC1CCCCC1. The molecule has 3 nitrogen and oxygen atoms in total. The topological polar surface area (TPSA) is 52.9 Å². The first-order valence-electron chi connectivity index (χ1n) is 6.98. The zero-order valence-corrected chi connectivity index (χ0v) is 13.0. The van der Waals surface area contributed by atoms with E-state index in [1.807, 2.05) is 6.07 Å². The maximum Gasteiger partial charge on any atom is 0.262 e. The highest BCUT2D eigenvalue weighted by atomic mass is 35.5. The Hall–Kier alpha value is -1.50. The van der Waals surface area contributed by atoms with Crippen molar-refractivity contribution in [3.63, 3.8) is 0 Å². The quantitative estimate of drug-likeness (QED) is 0.664. The Kier molecular flexibility index (Phi) is 5.67. The molecule has 0 atom stereocenters. The van der Waals surface area contributed by atoms with E-state index in [0.717, 1.165) is 25.7 Å². The predicted octanol–water partition coefficient (Wildman–Crippen LogP) is 4.35. The van der Waals surface area contributed by atoms with Crippen molar-refractivity contribution in [2.24, 2.45) is 0 Å². The summed E-state index contributed by atoms with van der Waals surface area (Å²) in [6.45, 7) is 0. The molecule has 0 aromatic heterocycles. The molecule has 1 amide bonds. The molecule has 21 heavy (non-hydrogen) atoms. The van der Waals surface area contributed by atoms with Gasteiger partial charge in [0.05, 0.1) is 0 Å². The molecule has 2 rings (SSSR count). The highest BCUT2D eigenvalue weighted by Crippen LogP contribution is 2.26. The summed E-state index contributed by atoms with van der Waals surface area (Å²) in [5, 5.41) is 13.0. The van der Waals surface area contributed by atoms with Crippen molar-refractivity contribution in [1.82, 2.24) is 5.32 Å². The van der Waals surface area contributed by atoms with Crippen LogP contribution in [0.15, 0.2) is 23.8 Å². The molecule has 1 aromatic rings. The number of carbonyl (C=O) groups is 1. The van der Waals surface area contributed by atoms with Crippen molar-refractivity contribution in [3.05, 3.63) is 39.4 Å². The Bertz CT molecular complexity index is 579. The Morgan fingerprint density at radius 2 is 1.86 bits per heavy atom. The summed E-state index contributed by atoms with van der Waals surface area (Å²) in [5.41, 5.74) is 0.520. The summed E-state index contributed by atoms with van der Waals surface area (Å²) < 4.78 is 0. The van der Waals surface area contributed by atoms with Crippen LogP contribution in [0.5, 0.6) is 0 Å². The molecule has 1 aliphatic rings. The zero-order chi connectivity index (χ0) is 15.2. The fraction of sp³-hybridized carbons (Fsp3) is 0.375. The van der Waals surface area contributed by atoms with Crippen LogP contribution in [0.4, 0.5) is 0 Å². The molecule has 1 aliphatic carbocycles. The number of nitriles is 1. The molecule has 0 radical (unpaired) electrons. The summed E-state index contributed by atoms with van der Waals surface area (Å²) >= 11 is 12.1. The van der Waals surface area contributed by atoms with E-state index in [1.54, 1.807) is 18.2 Å². The second-order valence-corrected chi connectivity index (χ2v) is 5.93. The average Bonchev–Trinajstić information content (AvgIpc) is 2.48. The number of hydrogen-bond donors (Lipinski definition) is 1. The molecule has 0 bridgehead atoms. The lowest BCUT2D eigenvalue weighted by atomic mass is 9.95. The number of carbonyl (C=O) groups excluding carboxylic acids is 1. The van der Waals surface area contributed by atoms with Gasteiger partial charge >= 0.3 is 0 Å². The first-order chi connectivity index (χ1) is 10.1. The van der Waals surface area contributed by atoms with Crippen molar-refractivity contribution >= 4 is 35.2 Å². The van der Waals surface area contributed by atoms with Crippen molar-refractivity contribution in [2.45, 2.75) is 38.1 Å². The third-order valence-electron chi connectivity index (χ3n) is 3.59. The van der Waals surface area contributed by atoms with Crippen molar-refractivity contribution in [2.75, 3.05) is 0 Å². The van der Waals surface area contributed by atoms with Crippen LogP contribution >= 0.6 is 23.2 Å². The number of halogens is 2. The smallest absolute Gasteiger partial charge is 0.262 e. The minimum Gasteiger partial charge on any atom is -0.349 e. The van der Waals surface area contributed by atoms with Gasteiger partial charge in [-0.05, 0) is 31.1 Å². The van der Waals surface area contributed by atoms with Gasteiger partial charge in [-0.2, -0.15) is 5.26 Å². The van der Waals surface area contributed by atoms with Gasteiger partial charge in [-0.25, -0.2) is 0 Å². The summed E-state index contributed by atoms with van der Waals surface area (Å²) in [7, 11) is 0. The molecule has 1 aromatic carbocycles. The summed E-state index contributed by atoms with van der Waals surface area (Å²) in [4.78, 5) is 12.2. The number of benzene rings is 1.